The third kappa shape index (κ3) is 4.39. The quantitative estimate of drug-likeness (QED) is 0.399. The average molecular weight is 510 g/mol. The zero-order valence-electron chi connectivity index (χ0n) is 19.7. The Balaban J connectivity index is 1.45. The van der Waals surface area contributed by atoms with Crippen molar-refractivity contribution in [3.05, 3.63) is 65.5 Å². The fourth-order valence-corrected chi connectivity index (χ4v) is 7.39. The van der Waals surface area contributed by atoms with Crippen LogP contribution in [-0.2, 0) is 21.4 Å². The van der Waals surface area contributed by atoms with Crippen LogP contribution in [0.5, 0.6) is 5.75 Å². The molecule has 1 aliphatic rings. The smallest absolute Gasteiger partial charge is 0.252 e. The molecule has 0 radical (unpaired) electrons. The van der Waals surface area contributed by atoms with E-state index in [1.165, 1.54) is 34.9 Å². The standard InChI is InChI=1S/C26H27N3O4S2/c1-3-29-23-15-10-18-7-4-5-9-22(18)24(23)34-26(29)27-25(30)19-8-6-16-28(17-19)35(31,32)21-13-11-20(33-2)12-14-21/h4-5,7,9-15,19H,3,6,8,16-17H2,1-2H3. The summed E-state index contributed by atoms with van der Waals surface area (Å²) in [6.45, 7) is 3.25. The van der Waals surface area contributed by atoms with Crippen LogP contribution in [0.4, 0.5) is 0 Å². The number of amides is 1. The summed E-state index contributed by atoms with van der Waals surface area (Å²) in [5, 5.41) is 2.29. The highest BCUT2D eigenvalue weighted by atomic mass is 32.2. The van der Waals surface area contributed by atoms with E-state index < -0.39 is 15.9 Å². The number of aryl methyl sites for hydroxylation is 1. The number of sulfonamides is 1. The van der Waals surface area contributed by atoms with Gasteiger partial charge < -0.3 is 9.30 Å². The number of piperidine rings is 1. The van der Waals surface area contributed by atoms with E-state index in [0.717, 1.165) is 21.0 Å². The van der Waals surface area contributed by atoms with Gasteiger partial charge in [-0.25, -0.2) is 8.42 Å². The number of ether oxygens (including phenoxy) is 1. The molecule has 1 unspecified atom stereocenters. The molecule has 5 rings (SSSR count). The molecule has 2 heterocycles. The molecule has 7 nitrogen and oxygen atoms in total. The van der Waals surface area contributed by atoms with Gasteiger partial charge in [-0.1, -0.05) is 41.7 Å². The van der Waals surface area contributed by atoms with Gasteiger partial charge in [0.1, 0.15) is 5.75 Å². The van der Waals surface area contributed by atoms with Crippen LogP contribution in [0.3, 0.4) is 0 Å². The molecule has 1 fully saturated rings. The number of aromatic nitrogens is 1. The lowest BCUT2D eigenvalue weighted by atomic mass is 9.99. The maximum Gasteiger partial charge on any atom is 0.252 e. The van der Waals surface area contributed by atoms with E-state index in [-0.39, 0.29) is 17.3 Å². The highest BCUT2D eigenvalue weighted by molar-refractivity contribution is 7.89. The first kappa shape index (κ1) is 23.7. The van der Waals surface area contributed by atoms with Gasteiger partial charge >= 0.3 is 0 Å². The fraction of sp³-hybridized carbons (Fsp3) is 0.308. The molecule has 1 saturated heterocycles. The number of methoxy groups -OCH3 is 1. The fourth-order valence-electron chi connectivity index (χ4n) is 4.63. The summed E-state index contributed by atoms with van der Waals surface area (Å²) in [4.78, 5) is 18.6. The summed E-state index contributed by atoms with van der Waals surface area (Å²) in [6, 6.07) is 18.7. The van der Waals surface area contributed by atoms with Gasteiger partial charge in [-0.3, -0.25) is 4.79 Å². The van der Waals surface area contributed by atoms with Crippen molar-refractivity contribution in [3.8, 4) is 5.75 Å². The van der Waals surface area contributed by atoms with Gasteiger partial charge in [0.15, 0.2) is 4.80 Å². The summed E-state index contributed by atoms with van der Waals surface area (Å²) in [6.07, 6.45) is 1.24. The molecular formula is C26H27N3O4S2. The Morgan fingerprint density at radius 2 is 1.89 bits per heavy atom. The molecule has 1 aromatic heterocycles. The summed E-state index contributed by atoms with van der Waals surface area (Å²) in [7, 11) is -2.17. The van der Waals surface area contributed by atoms with Gasteiger partial charge in [0.2, 0.25) is 10.0 Å². The molecule has 1 atom stereocenters. The molecule has 0 aliphatic carbocycles. The Kier molecular flexibility index (Phi) is 6.48. The second-order valence-corrected chi connectivity index (χ2v) is 11.5. The van der Waals surface area contributed by atoms with Crippen molar-refractivity contribution < 1.29 is 17.9 Å². The van der Waals surface area contributed by atoms with E-state index in [0.29, 0.717) is 36.5 Å². The lowest BCUT2D eigenvalue weighted by Gasteiger charge is -2.30. The van der Waals surface area contributed by atoms with Gasteiger partial charge in [0, 0.05) is 25.0 Å². The Hall–Kier alpha value is -3.01. The maximum absolute atomic E-state index is 13.3. The van der Waals surface area contributed by atoms with E-state index in [9.17, 15) is 13.2 Å². The molecule has 0 bridgehead atoms. The molecule has 0 spiro atoms. The van der Waals surface area contributed by atoms with E-state index in [1.54, 1.807) is 12.1 Å². The average Bonchev–Trinajstić information content (AvgIpc) is 3.26. The topological polar surface area (TPSA) is 81.0 Å². The normalized spacial score (nSPS) is 17.8. The van der Waals surface area contributed by atoms with Gasteiger partial charge in [-0.15, -0.1) is 0 Å². The third-order valence-electron chi connectivity index (χ3n) is 6.53. The largest absolute Gasteiger partial charge is 0.497 e. The predicted octanol–water partition coefficient (Wildman–Crippen LogP) is 4.41. The molecule has 1 aliphatic heterocycles. The van der Waals surface area contributed by atoms with Crippen LogP contribution < -0.4 is 9.54 Å². The second kappa shape index (κ2) is 9.56. The summed E-state index contributed by atoms with van der Waals surface area (Å²) < 4.78 is 36.1. The van der Waals surface area contributed by atoms with Crippen molar-refractivity contribution in [2.24, 2.45) is 10.9 Å². The first-order chi connectivity index (χ1) is 16.9. The number of hydrogen-bond acceptors (Lipinski definition) is 5. The van der Waals surface area contributed by atoms with Gasteiger partial charge in [-0.2, -0.15) is 9.30 Å². The Labute approximate surface area is 208 Å². The maximum atomic E-state index is 13.3. The van der Waals surface area contributed by atoms with Gasteiger partial charge in [-0.05, 0) is 55.5 Å². The Bertz CT molecular complexity index is 1570. The van der Waals surface area contributed by atoms with Crippen molar-refractivity contribution in [3.63, 3.8) is 0 Å². The number of thiazole rings is 1. The summed E-state index contributed by atoms with van der Waals surface area (Å²) >= 11 is 1.51. The number of nitrogens with zero attached hydrogens (tertiary/aromatic N) is 3. The predicted molar refractivity (Wildman–Crippen MR) is 138 cm³/mol. The van der Waals surface area contributed by atoms with E-state index >= 15 is 0 Å². The minimum atomic E-state index is -3.70. The molecule has 0 N–H and O–H groups in total. The van der Waals surface area contributed by atoms with Crippen molar-refractivity contribution in [1.29, 1.82) is 0 Å². The van der Waals surface area contributed by atoms with Crippen LogP contribution in [0.2, 0.25) is 0 Å². The van der Waals surface area contributed by atoms with Crippen LogP contribution in [0, 0.1) is 5.92 Å². The minimum absolute atomic E-state index is 0.136. The summed E-state index contributed by atoms with van der Waals surface area (Å²) in [5.41, 5.74) is 1.05. The third-order valence-corrected chi connectivity index (χ3v) is 9.53. The molecule has 1 amide bonds. The highest BCUT2D eigenvalue weighted by Gasteiger charge is 2.33. The Morgan fingerprint density at radius 3 is 2.63 bits per heavy atom. The van der Waals surface area contributed by atoms with Crippen LogP contribution >= 0.6 is 11.3 Å². The van der Waals surface area contributed by atoms with Gasteiger partial charge in [0.05, 0.1) is 28.1 Å². The molecular weight excluding hydrogens is 482 g/mol. The van der Waals surface area contributed by atoms with Crippen molar-refractivity contribution in [2.75, 3.05) is 20.2 Å². The number of carbonyl (C=O) groups excluding carboxylic acids is 1. The van der Waals surface area contributed by atoms with Gasteiger partial charge in [0.25, 0.3) is 5.91 Å². The van der Waals surface area contributed by atoms with E-state index in [1.807, 2.05) is 19.1 Å². The Morgan fingerprint density at radius 1 is 1.11 bits per heavy atom. The molecule has 9 heteroatoms. The lowest BCUT2D eigenvalue weighted by molar-refractivity contribution is -0.122. The van der Waals surface area contributed by atoms with E-state index in [2.05, 4.69) is 33.8 Å². The van der Waals surface area contributed by atoms with Crippen LogP contribution in [0.1, 0.15) is 19.8 Å². The first-order valence-corrected chi connectivity index (χ1v) is 13.9. The van der Waals surface area contributed by atoms with Crippen molar-refractivity contribution >= 4 is 48.3 Å². The molecule has 3 aromatic carbocycles. The van der Waals surface area contributed by atoms with Crippen molar-refractivity contribution in [1.82, 2.24) is 8.87 Å². The number of benzene rings is 3. The van der Waals surface area contributed by atoms with Crippen molar-refractivity contribution in [2.45, 2.75) is 31.2 Å². The zero-order valence-corrected chi connectivity index (χ0v) is 21.3. The summed E-state index contributed by atoms with van der Waals surface area (Å²) in [5.74, 6) is -0.142. The minimum Gasteiger partial charge on any atom is -0.497 e. The monoisotopic (exact) mass is 509 g/mol. The number of rotatable bonds is 5. The zero-order chi connectivity index (χ0) is 24.6. The molecule has 35 heavy (non-hydrogen) atoms. The lowest BCUT2D eigenvalue weighted by Crippen LogP contribution is -2.42. The number of fused-ring (bicyclic) bond motifs is 3. The van der Waals surface area contributed by atoms with Crippen LogP contribution in [-0.4, -0.2) is 43.4 Å². The second-order valence-electron chi connectivity index (χ2n) is 8.59. The first-order valence-electron chi connectivity index (χ1n) is 11.7. The van der Waals surface area contributed by atoms with Crippen LogP contribution in [0.15, 0.2) is 70.6 Å². The SMILES string of the molecule is CCn1c(=NC(=O)C2CCCN(S(=O)(=O)c3ccc(OC)cc3)C2)sc2c3ccccc3ccc21. The molecule has 4 aromatic rings. The molecule has 182 valence electrons. The van der Waals surface area contributed by atoms with E-state index in [4.69, 9.17) is 4.74 Å². The van der Waals surface area contributed by atoms with Crippen LogP contribution in [0.25, 0.3) is 21.0 Å². The number of carbonyl (C=O) groups is 1. The molecule has 0 saturated carbocycles. The highest BCUT2D eigenvalue weighted by Crippen LogP contribution is 2.29. The number of hydrogen-bond donors (Lipinski definition) is 0.